The Kier molecular flexibility index (Phi) is 4.41. The van der Waals surface area contributed by atoms with Crippen molar-refractivity contribution in [1.29, 1.82) is 0 Å². The molecule has 0 atom stereocenters. The fourth-order valence-corrected chi connectivity index (χ4v) is 3.96. The van der Waals surface area contributed by atoms with Crippen LogP contribution in [-0.2, 0) is 6.54 Å². The monoisotopic (exact) mass is 303 g/mol. The summed E-state index contributed by atoms with van der Waals surface area (Å²) in [6, 6.07) is 9.38. The Labute approximate surface area is 130 Å². The predicted octanol–water partition coefficient (Wildman–Crippen LogP) is 5.22. The minimum Gasteiger partial charge on any atom is -0.312 e. The number of hydrogen-bond acceptors (Lipinski definition) is 2. The van der Waals surface area contributed by atoms with E-state index in [9.17, 15) is 4.39 Å². The van der Waals surface area contributed by atoms with Gasteiger partial charge in [0.25, 0.3) is 0 Å². The van der Waals surface area contributed by atoms with E-state index >= 15 is 0 Å². The van der Waals surface area contributed by atoms with Crippen molar-refractivity contribution in [2.75, 3.05) is 6.54 Å². The summed E-state index contributed by atoms with van der Waals surface area (Å²) in [5.41, 5.74) is 2.33. The summed E-state index contributed by atoms with van der Waals surface area (Å²) >= 11 is 1.58. The maximum absolute atomic E-state index is 13.9. The van der Waals surface area contributed by atoms with E-state index in [1.807, 2.05) is 29.6 Å². The molecule has 0 bridgehead atoms. The summed E-state index contributed by atoms with van der Waals surface area (Å²) in [4.78, 5) is 0.997. The van der Waals surface area contributed by atoms with Crippen LogP contribution >= 0.6 is 11.3 Å². The summed E-state index contributed by atoms with van der Waals surface area (Å²) in [6.07, 6.45) is 5.36. The second-order valence-electron chi connectivity index (χ2n) is 6.41. The lowest BCUT2D eigenvalue weighted by molar-refractivity contribution is 0.314. The van der Waals surface area contributed by atoms with Crippen LogP contribution in [0.2, 0.25) is 0 Å². The molecule has 1 heterocycles. The molecule has 0 aliphatic heterocycles. The minimum atomic E-state index is -0.135. The van der Waals surface area contributed by atoms with Crippen molar-refractivity contribution in [3.05, 3.63) is 47.1 Å². The predicted molar refractivity (Wildman–Crippen MR) is 88.0 cm³/mol. The van der Waals surface area contributed by atoms with Crippen LogP contribution in [0.25, 0.3) is 10.4 Å². The van der Waals surface area contributed by atoms with Crippen molar-refractivity contribution in [2.24, 2.45) is 5.41 Å². The quantitative estimate of drug-likeness (QED) is 0.798. The number of rotatable bonds is 5. The van der Waals surface area contributed by atoms with Crippen LogP contribution in [0.3, 0.4) is 0 Å². The molecule has 0 unspecified atom stereocenters. The van der Waals surface area contributed by atoms with Crippen molar-refractivity contribution in [1.82, 2.24) is 5.32 Å². The molecule has 0 saturated heterocycles. The van der Waals surface area contributed by atoms with Crippen molar-refractivity contribution in [3.8, 4) is 10.4 Å². The van der Waals surface area contributed by atoms with E-state index < -0.39 is 0 Å². The third-order valence-corrected chi connectivity index (χ3v) is 5.41. The third kappa shape index (κ3) is 3.53. The lowest BCUT2D eigenvalue weighted by Gasteiger charge is -2.23. The van der Waals surface area contributed by atoms with Crippen molar-refractivity contribution in [3.63, 3.8) is 0 Å². The van der Waals surface area contributed by atoms with Crippen LogP contribution in [0.1, 0.15) is 38.2 Å². The molecule has 1 aliphatic carbocycles. The lowest BCUT2D eigenvalue weighted by atomic mass is 9.89. The number of nitrogens with one attached hydrogen (secondary N) is 1. The highest BCUT2D eigenvalue weighted by molar-refractivity contribution is 7.13. The molecule has 0 radical (unpaired) electrons. The molecule has 21 heavy (non-hydrogen) atoms. The van der Waals surface area contributed by atoms with E-state index in [0.717, 1.165) is 29.1 Å². The molecule has 1 aromatic carbocycles. The standard InChI is InChI=1S/C18H22FNS/c1-18(8-2-3-9-18)13-20-12-14-6-7-16(19)15(11-14)17-5-4-10-21-17/h4-7,10-11,20H,2-3,8-9,12-13H2,1H3. The van der Waals surface area contributed by atoms with Crippen LogP contribution in [0.15, 0.2) is 35.7 Å². The zero-order valence-electron chi connectivity index (χ0n) is 12.5. The molecule has 2 aromatic rings. The highest BCUT2D eigenvalue weighted by Crippen LogP contribution is 2.36. The lowest BCUT2D eigenvalue weighted by Crippen LogP contribution is -2.29. The molecule has 0 spiro atoms. The van der Waals surface area contributed by atoms with Crippen molar-refractivity contribution in [2.45, 2.75) is 39.2 Å². The molecule has 1 saturated carbocycles. The van der Waals surface area contributed by atoms with Crippen molar-refractivity contribution >= 4 is 11.3 Å². The number of thiophene rings is 1. The third-order valence-electron chi connectivity index (χ3n) is 4.51. The van der Waals surface area contributed by atoms with E-state index in [4.69, 9.17) is 0 Å². The summed E-state index contributed by atoms with van der Waals surface area (Å²) in [5.74, 6) is -0.135. The molecule has 1 aromatic heterocycles. The summed E-state index contributed by atoms with van der Waals surface area (Å²) in [6.45, 7) is 4.24. The molecule has 1 nitrogen and oxygen atoms in total. The molecule has 0 amide bonds. The average molecular weight is 303 g/mol. The van der Waals surface area contributed by atoms with Crippen LogP contribution in [0, 0.1) is 11.2 Å². The minimum absolute atomic E-state index is 0.135. The maximum Gasteiger partial charge on any atom is 0.131 e. The van der Waals surface area contributed by atoms with Gasteiger partial charge < -0.3 is 5.32 Å². The van der Waals surface area contributed by atoms with Gasteiger partial charge in [0.05, 0.1) is 0 Å². The topological polar surface area (TPSA) is 12.0 Å². The second-order valence-corrected chi connectivity index (χ2v) is 7.36. The van der Waals surface area contributed by atoms with E-state index in [0.29, 0.717) is 5.41 Å². The van der Waals surface area contributed by atoms with Gasteiger partial charge in [-0.2, -0.15) is 0 Å². The molecule has 112 valence electrons. The van der Waals surface area contributed by atoms with Crippen LogP contribution in [0.5, 0.6) is 0 Å². The van der Waals surface area contributed by atoms with Gasteiger partial charge in [-0.1, -0.05) is 31.9 Å². The Hall–Kier alpha value is -1.19. The Bertz CT molecular complexity index is 585. The Morgan fingerprint density at radius 1 is 1.24 bits per heavy atom. The maximum atomic E-state index is 13.9. The SMILES string of the molecule is CC1(CNCc2ccc(F)c(-c3cccs3)c2)CCCC1. The fraction of sp³-hybridized carbons (Fsp3) is 0.444. The number of hydrogen-bond donors (Lipinski definition) is 1. The summed E-state index contributed by atoms with van der Waals surface area (Å²) in [5, 5.41) is 5.54. The van der Waals surface area contributed by atoms with E-state index in [2.05, 4.69) is 12.2 Å². The zero-order valence-corrected chi connectivity index (χ0v) is 13.3. The van der Waals surface area contributed by atoms with Gasteiger partial charge in [0, 0.05) is 23.5 Å². The highest BCUT2D eigenvalue weighted by atomic mass is 32.1. The van der Waals surface area contributed by atoms with Gasteiger partial charge in [-0.25, -0.2) is 4.39 Å². The van der Waals surface area contributed by atoms with E-state index in [-0.39, 0.29) is 5.82 Å². The van der Waals surface area contributed by atoms with Gasteiger partial charge in [-0.15, -0.1) is 11.3 Å². The van der Waals surface area contributed by atoms with Gasteiger partial charge in [0.15, 0.2) is 0 Å². The molecular formula is C18H22FNS. The molecule has 3 heteroatoms. The summed E-state index contributed by atoms with van der Waals surface area (Å²) < 4.78 is 13.9. The summed E-state index contributed by atoms with van der Waals surface area (Å²) in [7, 11) is 0. The van der Waals surface area contributed by atoms with Crippen LogP contribution in [-0.4, -0.2) is 6.54 Å². The van der Waals surface area contributed by atoms with Gasteiger partial charge >= 0.3 is 0 Å². The first kappa shape index (κ1) is 14.7. The van der Waals surface area contributed by atoms with Crippen LogP contribution < -0.4 is 5.32 Å². The first-order valence-corrected chi connectivity index (χ1v) is 8.57. The van der Waals surface area contributed by atoms with Crippen molar-refractivity contribution < 1.29 is 4.39 Å². The normalized spacial score (nSPS) is 17.2. The Morgan fingerprint density at radius 3 is 2.76 bits per heavy atom. The molecular weight excluding hydrogens is 281 g/mol. The number of halogens is 1. The first-order chi connectivity index (χ1) is 10.2. The van der Waals surface area contributed by atoms with Gasteiger partial charge in [-0.05, 0) is 47.4 Å². The van der Waals surface area contributed by atoms with Gasteiger partial charge in [0.1, 0.15) is 5.82 Å². The average Bonchev–Trinajstić information content (AvgIpc) is 3.12. The fourth-order valence-electron chi connectivity index (χ4n) is 3.22. The van der Waals surface area contributed by atoms with E-state index in [1.54, 1.807) is 17.4 Å². The van der Waals surface area contributed by atoms with E-state index in [1.165, 1.54) is 25.7 Å². The zero-order chi connectivity index (χ0) is 14.7. The van der Waals surface area contributed by atoms with Crippen LogP contribution in [0.4, 0.5) is 4.39 Å². The highest BCUT2D eigenvalue weighted by Gasteiger charge is 2.27. The first-order valence-electron chi connectivity index (χ1n) is 7.69. The van der Waals surface area contributed by atoms with Gasteiger partial charge in [0.2, 0.25) is 0 Å². The van der Waals surface area contributed by atoms with Gasteiger partial charge in [-0.3, -0.25) is 0 Å². The Morgan fingerprint density at radius 2 is 2.05 bits per heavy atom. The second kappa shape index (κ2) is 6.29. The Balaban J connectivity index is 1.65. The molecule has 1 N–H and O–H groups in total. The number of benzene rings is 1. The largest absolute Gasteiger partial charge is 0.312 e. The smallest absolute Gasteiger partial charge is 0.131 e. The molecule has 1 aliphatic rings. The molecule has 3 rings (SSSR count). The molecule has 1 fully saturated rings.